The summed E-state index contributed by atoms with van der Waals surface area (Å²) in [5, 5.41) is 13.1. The lowest BCUT2D eigenvalue weighted by Crippen LogP contribution is -2.28. The third kappa shape index (κ3) is 2.22. The Balaban J connectivity index is 2.26. The SMILES string of the molecule is COC(=O)c1cc2n(n1)CCCN(C(=O)O)C2. The average Bonchev–Trinajstić information content (AvgIpc) is 2.60. The molecule has 0 aliphatic carbocycles. The number of fused-ring (bicyclic) bond motifs is 1. The number of rotatable bonds is 1. The Labute approximate surface area is 97.6 Å². The molecule has 1 aromatic heterocycles. The minimum atomic E-state index is -0.959. The summed E-state index contributed by atoms with van der Waals surface area (Å²) in [7, 11) is 1.29. The third-order valence-electron chi connectivity index (χ3n) is 2.68. The quantitative estimate of drug-likeness (QED) is 0.723. The summed E-state index contributed by atoms with van der Waals surface area (Å²) in [6.07, 6.45) is -0.277. The maximum absolute atomic E-state index is 11.3. The van der Waals surface area contributed by atoms with Crippen molar-refractivity contribution in [2.24, 2.45) is 0 Å². The number of methoxy groups -OCH3 is 1. The Bertz CT molecular complexity index is 454. The second-order valence-corrected chi connectivity index (χ2v) is 3.79. The highest BCUT2D eigenvalue weighted by Gasteiger charge is 2.21. The highest BCUT2D eigenvalue weighted by molar-refractivity contribution is 5.87. The first-order valence-electron chi connectivity index (χ1n) is 5.24. The summed E-state index contributed by atoms with van der Waals surface area (Å²) in [5.41, 5.74) is 0.931. The lowest BCUT2D eigenvalue weighted by molar-refractivity contribution is 0.0593. The van der Waals surface area contributed by atoms with Crippen LogP contribution in [-0.4, -0.2) is 45.5 Å². The zero-order chi connectivity index (χ0) is 12.4. The Morgan fingerprint density at radius 2 is 2.24 bits per heavy atom. The molecule has 0 saturated carbocycles. The predicted molar refractivity (Wildman–Crippen MR) is 56.6 cm³/mol. The van der Waals surface area contributed by atoms with Crippen molar-refractivity contribution in [2.75, 3.05) is 13.7 Å². The summed E-state index contributed by atoms with van der Waals surface area (Å²) < 4.78 is 6.24. The summed E-state index contributed by atoms with van der Waals surface area (Å²) in [5.74, 6) is -0.507. The van der Waals surface area contributed by atoms with E-state index in [9.17, 15) is 9.59 Å². The van der Waals surface area contributed by atoms with Crippen LogP contribution in [0.2, 0.25) is 0 Å². The van der Waals surface area contributed by atoms with E-state index in [1.165, 1.54) is 12.0 Å². The highest BCUT2D eigenvalue weighted by Crippen LogP contribution is 2.14. The molecule has 0 unspecified atom stereocenters. The van der Waals surface area contributed by atoms with Crippen LogP contribution < -0.4 is 0 Å². The lowest BCUT2D eigenvalue weighted by Gasteiger charge is -2.14. The van der Waals surface area contributed by atoms with Gasteiger partial charge in [-0.05, 0) is 12.5 Å². The molecule has 0 saturated heterocycles. The van der Waals surface area contributed by atoms with Crippen LogP contribution in [0.3, 0.4) is 0 Å². The molecule has 0 fully saturated rings. The molecule has 2 rings (SSSR count). The van der Waals surface area contributed by atoms with Gasteiger partial charge in [0.05, 0.1) is 19.3 Å². The molecular formula is C10H13N3O4. The van der Waals surface area contributed by atoms with Gasteiger partial charge in [-0.25, -0.2) is 9.59 Å². The fraction of sp³-hybridized carbons (Fsp3) is 0.500. The van der Waals surface area contributed by atoms with Crippen molar-refractivity contribution in [3.8, 4) is 0 Å². The molecule has 7 nitrogen and oxygen atoms in total. The van der Waals surface area contributed by atoms with Gasteiger partial charge in [0, 0.05) is 13.1 Å². The minimum absolute atomic E-state index is 0.217. The number of aryl methyl sites for hydroxylation is 1. The van der Waals surface area contributed by atoms with E-state index in [-0.39, 0.29) is 12.2 Å². The van der Waals surface area contributed by atoms with Crippen molar-refractivity contribution in [3.05, 3.63) is 17.5 Å². The van der Waals surface area contributed by atoms with Crippen LogP contribution in [0.25, 0.3) is 0 Å². The van der Waals surface area contributed by atoms with Gasteiger partial charge in [-0.15, -0.1) is 0 Å². The fourth-order valence-corrected chi connectivity index (χ4v) is 1.83. The van der Waals surface area contributed by atoms with Gasteiger partial charge in [-0.1, -0.05) is 0 Å². The standard InChI is InChI=1S/C10H13N3O4/c1-17-9(14)8-5-7-6-12(10(15)16)3-2-4-13(7)11-8/h5H,2-4,6H2,1H3,(H,15,16). The molecule has 92 valence electrons. The van der Waals surface area contributed by atoms with Crippen LogP contribution in [0.4, 0.5) is 4.79 Å². The number of aromatic nitrogens is 2. The molecule has 1 amide bonds. The number of carboxylic acid groups (broad SMARTS) is 1. The Hall–Kier alpha value is -2.05. The fourth-order valence-electron chi connectivity index (χ4n) is 1.83. The van der Waals surface area contributed by atoms with Crippen molar-refractivity contribution >= 4 is 12.1 Å². The number of hydrogen-bond donors (Lipinski definition) is 1. The maximum atomic E-state index is 11.3. The normalized spacial score (nSPS) is 15.0. The van der Waals surface area contributed by atoms with E-state index in [1.54, 1.807) is 10.7 Å². The molecule has 0 bridgehead atoms. The number of ether oxygens (including phenoxy) is 1. The van der Waals surface area contributed by atoms with Gasteiger partial charge in [-0.3, -0.25) is 4.68 Å². The highest BCUT2D eigenvalue weighted by atomic mass is 16.5. The Morgan fingerprint density at radius 3 is 2.88 bits per heavy atom. The minimum Gasteiger partial charge on any atom is -0.465 e. The molecule has 0 atom stereocenters. The van der Waals surface area contributed by atoms with Gasteiger partial charge in [0.1, 0.15) is 0 Å². The maximum Gasteiger partial charge on any atom is 0.407 e. The molecule has 7 heteroatoms. The van der Waals surface area contributed by atoms with Gasteiger partial charge >= 0.3 is 12.1 Å². The number of esters is 1. The van der Waals surface area contributed by atoms with E-state index in [2.05, 4.69) is 9.84 Å². The molecule has 0 radical (unpaired) electrons. The van der Waals surface area contributed by atoms with Crippen molar-refractivity contribution in [1.82, 2.24) is 14.7 Å². The van der Waals surface area contributed by atoms with Crippen LogP contribution in [-0.2, 0) is 17.8 Å². The second-order valence-electron chi connectivity index (χ2n) is 3.79. The molecule has 1 aromatic rings. The van der Waals surface area contributed by atoms with Crippen molar-refractivity contribution in [3.63, 3.8) is 0 Å². The van der Waals surface area contributed by atoms with E-state index < -0.39 is 12.1 Å². The number of carbonyl (C=O) groups excluding carboxylic acids is 1. The molecule has 0 aromatic carbocycles. The first-order chi connectivity index (χ1) is 8.11. The van der Waals surface area contributed by atoms with Crippen LogP contribution >= 0.6 is 0 Å². The zero-order valence-corrected chi connectivity index (χ0v) is 9.42. The van der Waals surface area contributed by atoms with E-state index >= 15 is 0 Å². The third-order valence-corrected chi connectivity index (χ3v) is 2.68. The average molecular weight is 239 g/mol. The van der Waals surface area contributed by atoms with E-state index in [0.717, 1.165) is 0 Å². The van der Waals surface area contributed by atoms with Gasteiger partial charge < -0.3 is 14.7 Å². The predicted octanol–water partition coefficient (Wildman–Crippen LogP) is 0.553. The van der Waals surface area contributed by atoms with Crippen LogP contribution in [0.15, 0.2) is 6.07 Å². The summed E-state index contributed by atoms with van der Waals surface area (Å²) in [6.45, 7) is 1.34. The van der Waals surface area contributed by atoms with Crippen molar-refractivity contribution < 1.29 is 19.4 Å². The molecule has 1 aliphatic heterocycles. The Morgan fingerprint density at radius 1 is 1.47 bits per heavy atom. The number of nitrogens with zero attached hydrogens (tertiary/aromatic N) is 3. The molecule has 1 aliphatic rings. The van der Waals surface area contributed by atoms with E-state index in [1.807, 2.05) is 0 Å². The monoisotopic (exact) mass is 239 g/mol. The van der Waals surface area contributed by atoms with Gasteiger partial charge in [-0.2, -0.15) is 5.10 Å². The number of hydrogen-bond acceptors (Lipinski definition) is 4. The van der Waals surface area contributed by atoms with Gasteiger partial charge in [0.2, 0.25) is 0 Å². The van der Waals surface area contributed by atoms with Gasteiger partial charge in [0.25, 0.3) is 0 Å². The van der Waals surface area contributed by atoms with E-state index in [4.69, 9.17) is 5.11 Å². The summed E-state index contributed by atoms with van der Waals surface area (Å²) >= 11 is 0. The van der Waals surface area contributed by atoms with Crippen LogP contribution in [0, 0.1) is 0 Å². The molecule has 17 heavy (non-hydrogen) atoms. The first-order valence-corrected chi connectivity index (χ1v) is 5.24. The number of amides is 1. The molecule has 2 heterocycles. The van der Waals surface area contributed by atoms with Crippen molar-refractivity contribution in [1.29, 1.82) is 0 Å². The van der Waals surface area contributed by atoms with Crippen molar-refractivity contribution in [2.45, 2.75) is 19.5 Å². The number of carbonyl (C=O) groups is 2. The molecule has 1 N–H and O–H groups in total. The zero-order valence-electron chi connectivity index (χ0n) is 9.42. The van der Waals surface area contributed by atoms with Crippen LogP contribution in [0.5, 0.6) is 0 Å². The van der Waals surface area contributed by atoms with Crippen LogP contribution in [0.1, 0.15) is 22.6 Å². The Kier molecular flexibility index (Phi) is 2.99. The molecule has 0 spiro atoms. The summed E-state index contributed by atoms with van der Waals surface area (Å²) in [4.78, 5) is 23.5. The largest absolute Gasteiger partial charge is 0.465 e. The second kappa shape index (κ2) is 4.44. The summed E-state index contributed by atoms with van der Waals surface area (Å²) in [6, 6.07) is 1.58. The first kappa shape index (κ1) is 11.4. The molecular weight excluding hydrogens is 226 g/mol. The van der Waals surface area contributed by atoms with Gasteiger partial charge in [0.15, 0.2) is 5.69 Å². The smallest absolute Gasteiger partial charge is 0.407 e. The topological polar surface area (TPSA) is 84.7 Å². The lowest BCUT2D eigenvalue weighted by atomic mass is 10.3. The van der Waals surface area contributed by atoms with E-state index in [0.29, 0.717) is 25.2 Å².